The molecule has 90 valence electrons. The van der Waals surface area contributed by atoms with E-state index in [1.165, 1.54) is 0 Å². The zero-order chi connectivity index (χ0) is 12.8. The zero-order valence-corrected chi connectivity index (χ0v) is 11.2. The number of hydrogen-bond acceptors (Lipinski definition) is 2. The fraction of sp³-hybridized carbons (Fsp3) is 0.143. The van der Waals surface area contributed by atoms with E-state index in [0.29, 0.717) is 5.76 Å². The summed E-state index contributed by atoms with van der Waals surface area (Å²) < 4.78 is 17.1. The lowest BCUT2D eigenvalue weighted by molar-refractivity contribution is 0.424. The smallest absolute Gasteiger partial charge is 0.262 e. The molecule has 1 unspecified atom stereocenters. The van der Waals surface area contributed by atoms with Crippen molar-refractivity contribution in [2.24, 2.45) is 0 Å². The topological polar surface area (TPSA) is 26.3 Å². The first-order valence-corrected chi connectivity index (χ1v) is 6.66. The molecule has 0 aromatic rings. The second-order valence-electron chi connectivity index (χ2n) is 3.59. The Morgan fingerprint density at radius 3 is 2.12 bits per heavy atom. The van der Waals surface area contributed by atoms with Crippen LogP contribution in [0.5, 0.6) is 0 Å². The molecule has 2 nitrogen and oxygen atoms in total. The van der Waals surface area contributed by atoms with E-state index in [1.807, 2.05) is 38.2 Å². The Labute approximate surface area is 103 Å². The fourth-order valence-electron chi connectivity index (χ4n) is 1.52. The van der Waals surface area contributed by atoms with Crippen molar-refractivity contribution in [2.75, 3.05) is 0 Å². The average molecular weight is 248 g/mol. The second-order valence-corrected chi connectivity index (χ2v) is 5.12. The maximum Gasteiger partial charge on any atom is 0.262 e. The van der Waals surface area contributed by atoms with Crippen LogP contribution in [-0.2, 0) is 9.09 Å². The van der Waals surface area contributed by atoms with Gasteiger partial charge < -0.3 is 4.52 Å². The van der Waals surface area contributed by atoms with Gasteiger partial charge >= 0.3 is 0 Å². The molecule has 0 saturated carbocycles. The first-order chi connectivity index (χ1) is 8.11. The van der Waals surface area contributed by atoms with Crippen LogP contribution in [0.4, 0.5) is 0 Å². The van der Waals surface area contributed by atoms with Gasteiger partial charge in [0.05, 0.1) is 0 Å². The minimum atomic E-state index is -2.13. The average Bonchev–Trinajstić information content (AvgIpc) is 2.30. The number of hydrogen-bond donors (Lipinski definition) is 0. The van der Waals surface area contributed by atoms with Gasteiger partial charge in [-0.15, -0.1) is 0 Å². The molecule has 0 amide bonds. The molecule has 0 aromatic heterocycles. The molecule has 17 heavy (non-hydrogen) atoms. The van der Waals surface area contributed by atoms with E-state index < -0.39 is 8.03 Å². The molecule has 0 fully saturated rings. The van der Waals surface area contributed by atoms with E-state index in [1.54, 1.807) is 12.2 Å². The van der Waals surface area contributed by atoms with E-state index in [-0.39, 0.29) is 0 Å². The van der Waals surface area contributed by atoms with Crippen molar-refractivity contribution < 1.29 is 9.09 Å². The predicted octanol–water partition coefficient (Wildman–Crippen LogP) is 4.52. The summed E-state index contributed by atoms with van der Waals surface area (Å²) >= 11 is 0. The minimum Gasteiger partial charge on any atom is -0.446 e. The highest BCUT2D eigenvalue weighted by atomic mass is 31.1. The minimum absolute atomic E-state index is 0.682. The van der Waals surface area contributed by atoms with Crippen LogP contribution in [0.2, 0.25) is 0 Å². The van der Waals surface area contributed by atoms with Crippen LogP contribution < -0.4 is 0 Å². The summed E-state index contributed by atoms with van der Waals surface area (Å²) in [5.41, 5.74) is 1.88. The van der Waals surface area contributed by atoms with Crippen molar-refractivity contribution in [1.82, 2.24) is 0 Å². The van der Waals surface area contributed by atoms with Gasteiger partial charge in [0, 0.05) is 10.9 Å². The highest BCUT2D eigenvalue weighted by molar-refractivity contribution is 7.44. The van der Waals surface area contributed by atoms with Crippen LogP contribution >= 0.6 is 8.03 Å². The molecule has 1 rings (SSSR count). The van der Waals surface area contributed by atoms with Crippen molar-refractivity contribution in [3.05, 3.63) is 71.8 Å². The molecule has 1 heterocycles. The lowest BCUT2D eigenvalue weighted by atomic mass is 10.0. The molecule has 0 radical (unpaired) electrons. The maximum atomic E-state index is 11.8. The van der Waals surface area contributed by atoms with Gasteiger partial charge in [-0.3, -0.25) is 4.57 Å². The van der Waals surface area contributed by atoms with Crippen molar-refractivity contribution >= 4 is 8.03 Å². The molecule has 0 bridgehead atoms. The van der Waals surface area contributed by atoms with Crippen molar-refractivity contribution in [3.8, 4) is 0 Å². The Morgan fingerprint density at radius 2 is 1.59 bits per heavy atom. The van der Waals surface area contributed by atoms with Gasteiger partial charge in [-0.05, 0) is 19.4 Å². The Morgan fingerprint density at radius 1 is 1.06 bits per heavy atom. The van der Waals surface area contributed by atoms with Crippen LogP contribution in [0.15, 0.2) is 71.8 Å². The Kier molecular flexibility index (Phi) is 4.99. The van der Waals surface area contributed by atoms with Gasteiger partial charge in [0.15, 0.2) is 0 Å². The molecule has 1 aliphatic heterocycles. The van der Waals surface area contributed by atoms with Crippen LogP contribution in [0, 0.1) is 0 Å². The van der Waals surface area contributed by atoms with Crippen LogP contribution in [-0.4, -0.2) is 0 Å². The molecular formula is C14H17O2P. The van der Waals surface area contributed by atoms with E-state index >= 15 is 0 Å². The lowest BCUT2D eigenvalue weighted by Gasteiger charge is -2.20. The number of allylic oxidation sites excluding steroid dienone is 10. The zero-order valence-electron chi connectivity index (χ0n) is 10.2. The normalized spacial score (nSPS) is 21.2. The molecule has 3 heteroatoms. The molecule has 1 aliphatic rings. The van der Waals surface area contributed by atoms with Crippen LogP contribution in [0.1, 0.15) is 13.8 Å². The third kappa shape index (κ3) is 3.21. The largest absolute Gasteiger partial charge is 0.446 e. The van der Waals surface area contributed by atoms with Crippen molar-refractivity contribution in [1.29, 1.82) is 0 Å². The van der Waals surface area contributed by atoms with Gasteiger partial charge in [-0.2, -0.15) is 0 Å². The molecular weight excluding hydrogens is 231 g/mol. The van der Waals surface area contributed by atoms with Crippen molar-refractivity contribution in [3.63, 3.8) is 0 Å². The van der Waals surface area contributed by atoms with Gasteiger partial charge in [-0.1, -0.05) is 49.6 Å². The summed E-state index contributed by atoms with van der Waals surface area (Å²) in [6.07, 6.45) is 10.9. The second kappa shape index (κ2) is 6.27. The summed E-state index contributed by atoms with van der Waals surface area (Å²) in [5, 5.41) is 0.780. The monoisotopic (exact) mass is 248 g/mol. The first-order valence-electron chi connectivity index (χ1n) is 5.34. The van der Waals surface area contributed by atoms with Gasteiger partial charge in [0.25, 0.3) is 8.03 Å². The summed E-state index contributed by atoms with van der Waals surface area (Å²) in [6, 6.07) is 0. The van der Waals surface area contributed by atoms with E-state index in [0.717, 1.165) is 16.5 Å². The van der Waals surface area contributed by atoms with Gasteiger partial charge in [0.1, 0.15) is 5.76 Å². The third-order valence-corrected chi connectivity index (χ3v) is 3.80. The van der Waals surface area contributed by atoms with E-state index in [4.69, 9.17) is 4.52 Å². The van der Waals surface area contributed by atoms with Crippen LogP contribution in [0.3, 0.4) is 0 Å². The summed E-state index contributed by atoms with van der Waals surface area (Å²) in [7, 11) is -2.13. The molecule has 0 spiro atoms. The van der Waals surface area contributed by atoms with Crippen LogP contribution in [0.25, 0.3) is 0 Å². The standard InChI is InChI=1S/C14H17O2P/c1-5-7-9-13-11(3)16-17(15)12(4)14(13)10-8-6-2/h5-10,17H,1-2H2,3-4H3/b9-7-,10-8-. The summed E-state index contributed by atoms with van der Waals surface area (Å²) in [5.74, 6) is 0.682. The quantitative estimate of drug-likeness (QED) is 0.540. The van der Waals surface area contributed by atoms with E-state index in [2.05, 4.69) is 13.2 Å². The van der Waals surface area contributed by atoms with Gasteiger partial charge in [0.2, 0.25) is 0 Å². The number of rotatable bonds is 4. The first kappa shape index (κ1) is 13.5. The molecule has 1 atom stereocenters. The highest BCUT2D eigenvalue weighted by Crippen LogP contribution is 2.45. The molecule has 0 aromatic carbocycles. The van der Waals surface area contributed by atoms with Crippen molar-refractivity contribution in [2.45, 2.75) is 13.8 Å². The summed E-state index contributed by atoms with van der Waals surface area (Å²) in [4.78, 5) is 0. The summed E-state index contributed by atoms with van der Waals surface area (Å²) in [6.45, 7) is 10.9. The Bertz CT molecular complexity index is 476. The Balaban J connectivity index is 3.30. The molecule has 0 saturated heterocycles. The SMILES string of the molecule is C=C/C=C\C1=C(C)O[PH](=O)C(C)=C1/C=C\C=C. The molecule has 0 aliphatic carbocycles. The van der Waals surface area contributed by atoms with E-state index in [9.17, 15) is 4.57 Å². The fourth-order valence-corrected chi connectivity index (χ4v) is 2.50. The predicted molar refractivity (Wildman–Crippen MR) is 74.2 cm³/mol. The Hall–Kier alpha value is -1.53. The lowest BCUT2D eigenvalue weighted by Crippen LogP contribution is -1.98. The molecule has 0 N–H and O–H groups in total. The highest BCUT2D eigenvalue weighted by Gasteiger charge is 2.19. The third-order valence-electron chi connectivity index (χ3n) is 2.42. The maximum absolute atomic E-state index is 11.8. The van der Waals surface area contributed by atoms with Gasteiger partial charge in [-0.25, -0.2) is 0 Å².